The van der Waals surface area contributed by atoms with Crippen LogP contribution in [0.15, 0.2) is 10.7 Å². The first-order valence-corrected chi connectivity index (χ1v) is 8.46. The molecule has 0 aromatic carbocycles. The average Bonchev–Trinajstić information content (AvgIpc) is 2.67. The third kappa shape index (κ3) is 2.70. The van der Waals surface area contributed by atoms with E-state index < -0.39 is 0 Å². The normalized spacial score (nSPS) is 29.6. The number of nitrogens with zero attached hydrogens (tertiary/aromatic N) is 3. The highest BCUT2D eigenvalue weighted by Crippen LogP contribution is 2.41. The summed E-state index contributed by atoms with van der Waals surface area (Å²) in [4.78, 5) is 11.9. The highest BCUT2D eigenvalue weighted by atomic mass is 79.9. The van der Waals surface area contributed by atoms with Gasteiger partial charge in [0.05, 0.1) is 4.47 Å². The van der Waals surface area contributed by atoms with Crippen LogP contribution in [0.3, 0.4) is 0 Å². The highest BCUT2D eigenvalue weighted by molar-refractivity contribution is 9.10. The third-order valence-electron chi connectivity index (χ3n) is 4.77. The van der Waals surface area contributed by atoms with Gasteiger partial charge >= 0.3 is 0 Å². The third-order valence-corrected chi connectivity index (χ3v) is 5.35. The van der Waals surface area contributed by atoms with E-state index in [-0.39, 0.29) is 0 Å². The van der Waals surface area contributed by atoms with Gasteiger partial charge in [-0.15, -0.1) is 0 Å². The summed E-state index contributed by atoms with van der Waals surface area (Å²) in [6.45, 7) is 3.12. The second kappa shape index (κ2) is 5.98. The van der Waals surface area contributed by atoms with E-state index >= 15 is 0 Å². The Morgan fingerprint density at radius 1 is 1.35 bits per heavy atom. The lowest BCUT2D eigenvalue weighted by Crippen LogP contribution is -2.39. The fraction of sp³-hybridized carbons (Fsp3) is 0.733. The number of hydrogen-bond donors (Lipinski definition) is 1. The van der Waals surface area contributed by atoms with Crippen LogP contribution in [0, 0.1) is 0 Å². The summed E-state index contributed by atoms with van der Waals surface area (Å²) >= 11 is 3.53. The molecule has 4 nitrogen and oxygen atoms in total. The van der Waals surface area contributed by atoms with Gasteiger partial charge in [-0.2, -0.15) is 0 Å². The van der Waals surface area contributed by atoms with Crippen molar-refractivity contribution in [3.63, 3.8) is 0 Å². The lowest BCUT2D eigenvalue weighted by atomic mass is 9.90. The van der Waals surface area contributed by atoms with Gasteiger partial charge in [0.1, 0.15) is 11.6 Å². The minimum Gasteiger partial charge on any atom is -0.369 e. The standard InChI is InChI=1S/C15H23BrN4/c1-3-6-17-15-13(16)9-18-14(19-15)10-7-11-4-5-12(8-10)20(11)2/h9-12H,3-8H2,1-2H3,(H,17,18,19). The molecule has 5 heteroatoms. The Kier molecular flexibility index (Phi) is 4.26. The van der Waals surface area contributed by atoms with Crippen LogP contribution in [0.4, 0.5) is 5.82 Å². The summed E-state index contributed by atoms with van der Waals surface area (Å²) in [7, 11) is 2.27. The summed E-state index contributed by atoms with van der Waals surface area (Å²) in [6, 6.07) is 1.47. The van der Waals surface area contributed by atoms with Crippen molar-refractivity contribution in [1.29, 1.82) is 0 Å². The summed E-state index contributed by atoms with van der Waals surface area (Å²) in [5.41, 5.74) is 0. The molecule has 2 fully saturated rings. The van der Waals surface area contributed by atoms with Crippen LogP contribution in [0.1, 0.15) is 50.8 Å². The van der Waals surface area contributed by atoms with E-state index in [1.165, 1.54) is 25.7 Å². The quantitative estimate of drug-likeness (QED) is 0.913. The molecule has 0 aliphatic carbocycles. The minimum absolute atomic E-state index is 0.527. The second-order valence-electron chi connectivity index (χ2n) is 6.07. The molecule has 2 saturated heterocycles. The first-order valence-electron chi connectivity index (χ1n) is 7.67. The Hall–Kier alpha value is -0.680. The van der Waals surface area contributed by atoms with E-state index in [4.69, 9.17) is 4.98 Å². The van der Waals surface area contributed by atoms with Gasteiger partial charge < -0.3 is 10.2 Å². The maximum atomic E-state index is 4.77. The van der Waals surface area contributed by atoms with Gasteiger partial charge in [0.2, 0.25) is 0 Å². The van der Waals surface area contributed by atoms with Crippen LogP contribution in [0.2, 0.25) is 0 Å². The molecule has 2 aliphatic heterocycles. The molecule has 3 rings (SSSR count). The Labute approximate surface area is 129 Å². The molecule has 0 saturated carbocycles. The molecule has 0 spiro atoms. The number of anilines is 1. The fourth-order valence-corrected chi connectivity index (χ4v) is 3.90. The first-order chi connectivity index (χ1) is 9.69. The molecule has 0 amide bonds. The van der Waals surface area contributed by atoms with E-state index in [1.807, 2.05) is 6.20 Å². The maximum absolute atomic E-state index is 4.77. The largest absolute Gasteiger partial charge is 0.369 e. The number of piperidine rings is 1. The van der Waals surface area contributed by atoms with Crippen LogP contribution < -0.4 is 5.32 Å². The Balaban J connectivity index is 1.77. The molecular weight excluding hydrogens is 316 g/mol. The number of hydrogen-bond acceptors (Lipinski definition) is 4. The lowest BCUT2D eigenvalue weighted by Gasteiger charge is -2.35. The summed E-state index contributed by atoms with van der Waals surface area (Å²) in [6.07, 6.45) is 8.11. The van der Waals surface area contributed by atoms with E-state index in [2.05, 4.69) is 45.1 Å². The van der Waals surface area contributed by atoms with Crippen molar-refractivity contribution in [3.8, 4) is 0 Å². The predicted molar refractivity (Wildman–Crippen MR) is 85.1 cm³/mol. The Morgan fingerprint density at radius 3 is 2.70 bits per heavy atom. The summed E-state index contributed by atoms with van der Waals surface area (Å²) < 4.78 is 0.964. The fourth-order valence-electron chi connectivity index (χ4n) is 3.57. The van der Waals surface area contributed by atoms with Crippen molar-refractivity contribution >= 4 is 21.7 Å². The summed E-state index contributed by atoms with van der Waals surface area (Å²) in [5, 5.41) is 3.38. The van der Waals surface area contributed by atoms with E-state index in [0.717, 1.165) is 41.2 Å². The van der Waals surface area contributed by atoms with Crippen LogP contribution in [-0.4, -0.2) is 40.5 Å². The molecule has 110 valence electrons. The molecule has 2 atom stereocenters. The number of aromatic nitrogens is 2. The van der Waals surface area contributed by atoms with E-state index in [1.54, 1.807) is 0 Å². The van der Waals surface area contributed by atoms with Crippen molar-refractivity contribution in [2.24, 2.45) is 0 Å². The van der Waals surface area contributed by atoms with E-state index in [0.29, 0.717) is 5.92 Å². The van der Waals surface area contributed by atoms with Crippen molar-refractivity contribution in [1.82, 2.24) is 14.9 Å². The molecule has 1 N–H and O–H groups in total. The van der Waals surface area contributed by atoms with Gasteiger partial charge in [0.15, 0.2) is 0 Å². The van der Waals surface area contributed by atoms with Gasteiger partial charge in [-0.05, 0) is 55.1 Å². The molecule has 2 bridgehead atoms. The monoisotopic (exact) mass is 338 g/mol. The van der Waals surface area contributed by atoms with Crippen molar-refractivity contribution in [3.05, 3.63) is 16.5 Å². The van der Waals surface area contributed by atoms with Crippen molar-refractivity contribution < 1.29 is 0 Å². The van der Waals surface area contributed by atoms with Crippen LogP contribution in [-0.2, 0) is 0 Å². The zero-order valence-electron chi connectivity index (χ0n) is 12.3. The second-order valence-corrected chi connectivity index (χ2v) is 6.92. The topological polar surface area (TPSA) is 41.1 Å². The van der Waals surface area contributed by atoms with Crippen LogP contribution in [0.5, 0.6) is 0 Å². The SMILES string of the molecule is CCCNc1nc(C2CC3CCC(C2)N3C)ncc1Br. The average molecular weight is 339 g/mol. The van der Waals surface area contributed by atoms with Gasteiger partial charge in [-0.3, -0.25) is 0 Å². The molecular formula is C15H23BrN4. The zero-order valence-corrected chi connectivity index (χ0v) is 13.9. The minimum atomic E-state index is 0.527. The van der Waals surface area contributed by atoms with Gasteiger partial charge in [-0.1, -0.05) is 6.92 Å². The number of nitrogens with one attached hydrogen (secondary N) is 1. The lowest BCUT2D eigenvalue weighted by molar-refractivity contribution is 0.159. The van der Waals surface area contributed by atoms with E-state index in [9.17, 15) is 0 Å². The zero-order chi connectivity index (χ0) is 14.1. The maximum Gasteiger partial charge on any atom is 0.144 e. The smallest absolute Gasteiger partial charge is 0.144 e. The number of fused-ring (bicyclic) bond motifs is 2. The number of rotatable bonds is 4. The van der Waals surface area contributed by atoms with Crippen molar-refractivity contribution in [2.75, 3.05) is 18.9 Å². The Morgan fingerprint density at radius 2 is 2.05 bits per heavy atom. The molecule has 2 unspecified atom stereocenters. The van der Waals surface area contributed by atoms with Crippen LogP contribution >= 0.6 is 15.9 Å². The molecule has 2 aliphatic rings. The highest BCUT2D eigenvalue weighted by Gasteiger charge is 2.39. The molecule has 20 heavy (non-hydrogen) atoms. The van der Waals surface area contributed by atoms with Gasteiger partial charge in [0.25, 0.3) is 0 Å². The molecule has 1 aromatic rings. The van der Waals surface area contributed by atoms with Gasteiger partial charge in [0, 0.05) is 30.7 Å². The Bertz CT molecular complexity index is 465. The predicted octanol–water partition coefficient (Wildman–Crippen LogP) is 3.40. The molecule has 3 heterocycles. The summed E-state index contributed by atoms with van der Waals surface area (Å²) in [5.74, 6) is 2.50. The first kappa shape index (κ1) is 14.3. The molecule has 1 aromatic heterocycles. The molecule has 0 radical (unpaired) electrons. The van der Waals surface area contributed by atoms with Crippen molar-refractivity contribution in [2.45, 2.75) is 57.0 Å². The number of halogens is 1. The van der Waals surface area contributed by atoms with Gasteiger partial charge in [-0.25, -0.2) is 9.97 Å². The van der Waals surface area contributed by atoms with Crippen LogP contribution in [0.25, 0.3) is 0 Å².